The number of hydrogen-bond acceptors (Lipinski definition) is 5. The zero-order chi connectivity index (χ0) is 19.0. The fourth-order valence-corrected chi connectivity index (χ4v) is 3.99. The number of hydrogen-bond donors (Lipinski definition) is 1. The van der Waals surface area contributed by atoms with E-state index >= 15 is 0 Å². The highest BCUT2D eigenvalue weighted by Gasteiger charge is 2.38. The van der Waals surface area contributed by atoms with E-state index < -0.39 is 17.9 Å². The predicted octanol–water partition coefficient (Wildman–Crippen LogP) is 4.93. The molecule has 5 nitrogen and oxygen atoms in total. The van der Waals surface area contributed by atoms with Gasteiger partial charge in [-0.3, -0.25) is 9.69 Å². The van der Waals surface area contributed by atoms with Gasteiger partial charge in [0.05, 0.1) is 15.0 Å². The highest BCUT2D eigenvalue weighted by atomic mass is 35.5. The molecule has 9 heteroatoms. The van der Waals surface area contributed by atoms with Crippen molar-refractivity contribution in [3.63, 3.8) is 0 Å². The number of nitrogens with zero attached hydrogens (tertiary/aromatic N) is 1. The van der Waals surface area contributed by atoms with E-state index in [2.05, 4.69) is 0 Å². The topological polar surface area (TPSA) is 70.8 Å². The molecule has 2 aromatic rings. The van der Waals surface area contributed by atoms with E-state index in [1.165, 1.54) is 13.0 Å². The highest BCUT2D eigenvalue weighted by Crippen LogP contribution is 2.35. The van der Waals surface area contributed by atoms with Crippen LogP contribution in [0.1, 0.15) is 12.7 Å². The average Bonchev–Trinajstić information content (AvgIpc) is 3.15. The molecule has 3 rings (SSSR count). The van der Waals surface area contributed by atoms with Crippen LogP contribution >= 0.6 is 47.2 Å². The average molecular weight is 428 g/mol. The normalized spacial score (nSPS) is 17.2. The van der Waals surface area contributed by atoms with E-state index in [1.807, 2.05) is 0 Å². The lowest BCUT2D eigenvalue weighted by atomic mass is 10.2. The molecule has 1 N–H and O–H groups in total. The summed E-state index contributed by atoms with van der Waals surface area (Å²) in [6.07, 6.45) is 1.54. The van der Waals surface area contributed by atoms with Gasteiger partial charge in [-0.05, 0) is 37.3 Å². The second-order valence-electron chi connectivity index (χ2n) is 5.40. The predicted molar refractivity (Wildman–Crippen MR) is 106 cm³/mol. The van der Waals surface area contributed by atoms with Crippen molar-refractivity contribution in [2.45, 2.75) is 13.0 Å². The van der Waals surface area contributed by atoms with Gasteiger partial charge in [0.2, 0.25) is 0 Å². The lowest BCUT2D eigenvalue weighted by Gasteiger charge is -2.18. The fourth-order valence-electron chi connectivity index (χ4n) is 2.29. The van der Waals surface area contributed by atoms with E-state index in [-0.39, 0.29) is 4.32 Å². The molecule has 134 valence electrons. The molecular weight excluding hydrogens is 417 g/mol. The van der Waals surface area contributed by atoms with E-state index in [1.54, 1.807) is 30.3 Å². The molecular formula is C17H11Cl2NO4S2. The first-order valence-corrected chi connectivity index (χ1v) is 9.31. The summed E-state index contributed by atoms with van der Waals surface area (Å²) < 4.78 is 5.93. The highest BCUT2D eigenvalue weighted by molar-refractivity contribution is 8.26. The molecule has 1 aromatic carbocycles. The van der Waals surface area contributed by atoms with Crippen LogP contribution in [0, 0.1) is 0 Å². The second-order valence-corrected chi connectivity index (χ2v) is 7.89. The Hall–Kier alpha value is -1.80. The third-order valence-corrected chi connectivity index (χ3v) is 5.74. The third kappa shape index (κ3) is 3.66. The number of amides is 1. The Kier molecular flexibility index (Phi) is 5.43. The van der Waals surface area contributed by atoms with Gasteiger partial charge in [-0.15, -0.1) is 0 Å². The van der Waals surface area contributed by atoms with Crippen molar-refractivity contribution in [1.82, 2.24) is 4.90 Å². The number of rotatable bonds is 4. The lowest BCUT2D eigenvalue weighted by molar-refractivity contribution is -0.144. The SMILES string of the molecule is CC(C(=O)O)N1C(=O)/C(=C\c2ccc(-c3ccc(Cl)c(Cl)c3)o2)SC1=S. The van der Waals surface area contributed by atoms with E-state index in [9.17, 15) is 9.59 Å². The van der Waals surface area contributed by atoms with Gasteiger partial charge in [-0.2, -0.15) is 0 Å². The Morgan fingerprint density at radius 3 is 2.69 bits per heavy atom. The molecule has 1 aliphatic heterocycles. The summed E-state index contributed by atoms with van der Waals surface area (Å²) in [5.74, 6) is -0.580. The maximum Gasteiger partial charge on any atom is 0.326 e. The number of aliphatic carboxylic acids is 1. The van der Waals surface area contributed by atoms with Crippen LogP contribution in [0.4, 0.5) is 0 Å². The van der Waals surface area contributed by atoms with Crippen LogP contribution in [-0.4, -0.2) is 32.2 Å². The molecule has 0 bridgehead atoms. The molecule has 1 fully saturated rings. The molecule has 1 atom stereocenters. The summed E-state index contributed by atoms with van der Waals surface area (Å²) in [7, 11) is 0. The first-order chi connectivity index (χ1) is 12.3. The Balaban J connectivity index is 1.86. The van der Waals surface area contributed by atoms with Crippen LogP contribution in [0.2, 0.25) is 10.0 Å². The number of carboxylic acids is 1. The first kappa shape index (κ1) is 19.0. The Morgan fingerprint density at radius 2 is 2.04 bits per heavy atom. The zero-order valence-corrected chi connectivity index (χ0v) is 16.4. The van der Waals surface area contributed by atoms with Gasteiger partial charge in [0.25, 0.3) is 5.91 Å². The van der Waals surface area contributed by atoms with Gasteiger partial charge in [-0.1, -0.05) is 47.2 Å². The summed E-state index contributed by atoms with van der Waals surface area (Å²) in [6, 6.07) is 7.53. The fraction of sp³-hybridized carbons (Fsp3) is 0.118. The molecule has 26 heavy (non-hydrogen) atoms. The number of thioether (sulfide) groups is 1. The van der Waals surface area contributed by atoms with Crippen molar-refractivity contribution in [3.05, 3.63) is 51.0 Å². The second kappa shape index (κ2) is 7.44. The van der Waals surface area contributed by atoms with Crippen LogP contribution < -0.4 is 0 Å². The van der Waals surface area contributed by atoms with E-state index in [4.69, 9.17) is 44.9 Å². The van der Waals surface area contributed by atoms with E-state index in [0.717, 1.165) is 22.2 Å². The zero-order valence-electron chi connectivity index (χ0n) is 13.2. The number of carboxylic acid groups (broad SMARTS) is 1. The Bertz CT molecular complexity index is 954. The van der Waals surface area contributed by atoms with Gasteiger partial charge >= 0.3 is 5.97 Å². The summed E-state index contributed by atoms with van der Waals surface area (Å²) in [5, 5.41) is 9.96. The van der Waals surface area contributed by atoms with Crippen molar-refractivity contribution in [3.8, 4) is 11.3 Å². The number of benzene rings is 1. The molecule has 1 aliphatic rings. The first-order valence-electron chi connectivity index (χ1n) is 7.33. The molecule has 0 radical (unpaired) electrons. The van der Waals surface area contributed by atoms with Gasteiger partial charge in [0.15, 0.2) is 0 Å². The number of furan rings is 1. The van der Waals surface area contributed by atoms with Crippen molar-refractivity contribution < 1.29 is 19.1 Å². The van der Waals surface area contributed by atoms with Crippen molar-refractivity contribution in [2.24, 2.45) is 0 Å². The third-order valence-electron chi connectivity index (χ3n) is 3.67. The molecule has 1 aromatic heterocycles. The molecule has 1 amide bonds. The number of carbonyl (C=O) groups is 2. The van der Waals surface area contributed by atoms with Gasteiger partial charge in [0.1, 0.15) is 21.9 Å². The van der Waals surface area contributed by atoms with Crippen LogP contribution in [-0.2, 0) is 9.59 Å². The van der Waals surface area contributed by atoms with Crippen LogP contribution in [0.5, 0.6) is 0 Å². The smallest absolute Gasteiger partial charge is 0.326 e. The molecule has 0 saturated carbocycles. The summed E-state index contributed by atoms with van der Waals surface area (Å²) in [6.45, 7) is 1.41. The summed E-state index contributed by atoms with van der Waals surface area (Å²) >= 11 is 18.1. The minimum absolute atomic E-state index is 0.201. The molecule has 0 spiro atoms. The van der Waals surface area contributed by atoms with Crippen molar-refractivity contribution in [1.29, 1.82) is 0 Å². The maximum absolute atomic E-state index is 12.4. The van der Waals surface area contributed by atoms with E-state index in [0.29, 0.717) is 26.5 Å². The molecule has 0 aliphatic carbocycles. The minimum atomic E-state index is -1.12. The minimum Gasteiger partial charge on any atom is -0.480 e. The summed E-state index contributed by atoms with van der Waals surface area (Å²) in [5.41, 5.74) is 0.742. The molecule has 1 unspecified atom stereocenters. The Morgan fingerprint density at radius 1 is 1.31 bits per heavy atom. The summed E-state index contributed by atoms with van der Waals surface area (Å²) in [4.78, 5) is 25.0. The largest absolute Gasteiger partial charge is 0.480 e. The van der Waals surface area contributed by atoms with Crippen LogP contribution in [0.25, 0.3) is 17.4 Å². The van der Waals surface area contributed by atoms with Crippen LogP contribution in [0.15, 0.2) is 39.7 Å². The standard InChI is InChI=1S/C17H11Cl2NO4S2/c1-8(16(22)23)20-15(21)14(26-17(20)25)7-10-3-5-13(24-10)9-2-4-11(18)12(19)6-9/h2-8H,1H3,(H,22,23)/b14-7+. The maximum atomic E-state index is 12.4. The number of halogens is 2. The number of thiocarbonyl (C=S) groups is 1. The monoisotopic (exact) mass is 427 g/mol. The molecule has 1 saturated heterocycles. The van der Waals surface area contributed by atoms with Crippen molar-refractivity contribution >= 4 is 69.5 Å². The molecule has 2 heterocycles. The quantitative estimate of drug-likeness (QED) is 0.550. The van der Waals surface area contributed by atoms with Crippen molar-refractivity contribution in [2.75, 3.05) is 0 Å². The lowest BCUT2D eigenvalue weighted by Crippen LogP contribution is -2.41. The van der Waals surface area contributed by atoms with Crippen LogP contribution in [0.3, 0.4) is 0 Å². The van der Waals surface area contributed by atoms with Gasteiger partial charge in [0, 0.05) is 11.6 Å². The van der Waals surface area contributed by atoms with Gasteiger partial charge in [-0.25, -0.2) is 4.79 Å². The van der Waals surface area contributed by atoms with Gasteiger partial charge < -0.3 is 9.52 Å². The Labute approximate surface area is 168 Å². The number of carbonyl (C=O) groups excluding carboxylic acids is 1.